The number of aryl methyl sites for hydroxylation is 2. The topological polar surface area (TPSA) is 49.4 Å². The molecule has 1 saturated heterocycles. The quantitative estimate of drug-likeness (QED) is 0.943. The maximum Gasteiger partial charge on any atom is 0.251 e. The Hall–Kier alpha value is -2.69. The third kappa shape index (κ3) is 3.30. The summed E-state index contributed by atoms with van der Waals surface area (Å²) in [5.41, 5.74) is 3.38. The third-order valence-electron chi connectivity index (χ3n) is 4.35. The van der Waals surface area contributed by atoms with Crippen molar-refractivity contribution in [3.05, 3.63) is 65.0 Å². The lowest BCUT2D eigenvalue weighted by Crippen LogP contribution is -2.37. The summed E-state index contributed by atoms with van der Waals surface area (Å²) < 4.78 is 13.2. The van der Waals surface area contributed by atoms with E-state index in [9.17, 15) is 14.0 Å². The molecule has 24 heavy (non-hydrogen) atoms. The van der Waals surface area contributed by atoms with E-state index in [-0.39, 0.29) is 29.8 Å². The summed E-state index contributed by atoms with van der Waals surface area (Å²) in [6, 6.07) is 11.1. The summed E-state index contributed by atoms with van der Waals surface area (Å²) in [4.78, 5) is 26.1. The first-order chi connectivity index (χ1) is 11.4. The van der Waals surface area contributed by atoms with Crippen LogP contribution in [0.3, 0.4) is 0 Å². The summed E-state index contributed by atoms with van der Waals surface area (Å²) >= 11 is 0. The van der Waals surface area contributed by atoms with Crippen LogP contribution in [-0.4, -0.2) is 24.4 Å². The highest BCUT2D eigenvalue weighted by Gasteiger charge is 2.31. The molecule has 0 aliphatic carbocycles. The molecule has 4 nitrogen and oxygen atoms in total. The Balaban J connectivity index is 1.70. The van der Waals surface area contributed by atoms with Crippen LogP contribution in [0, 0.1) is 19.7 Å². The Kier molecular flexibility index (Phi) is 4.34. The molecule has 3 rings (SSSR count). The number of benzene rings is 2. The Bertz CT molecular complexity index is 804. The minimum absolute atomic E-state index is 0.0252. The molecule has 0 aromatic heterocycles. The molecular formula is C19H19FN2O2. The molecule has 1 atom stereocenters. The number of carbonyl (C=O) groups excluding carboxylic acids is 2. The molecule has 2 aromatic carbocycles. The van der Waals surface area contributed by atoms with Crippen molar-refractivity contribution in [2.75, 3.05) is 11.4 Å². The molecule has 1 aliphatic heterocycles. The van der Waals surface area contributed by atoms with Crippen molar-refractivity contribution in [2.45, 2.75) is 26.3 Å². The summed E-state index contributed by atoms with van der Waals surface area (Å²) in [7, 11) is 0. The number of amides is 2. The number of rotatable bonds is 3. The molecule has 2 aromatic rings. The van der Waals surface area contributed by atoms with Gasteiger partial charge in [-0.1, -0.05) is 12.1 Å². The number of nitrogens with one attached hydrogen (secondary N) is 1. The summed E-state index contributed by atoms with van der Waals surface area (Å²) in [5.74, 6) is -0.848. The molecule has 0 spiro atoms. The van der Waals surface area contributed by atoms with Gasteiger partial charge in [0.15, 0.2) is 0 Å². The van der Waals surface area contributed by atoms with Gasteiger partial charge in [0.25, 0.3) is 5.91 Å². The molecule has 1 heterocycles. The summed E-state index contributed by atoms with van der Waals surface area (Å²) in [5, 5.41) is 2.81. The first-order valence-corrected chi connectivity index (χ1v) is 7.88. The van der Waals surface area contributed by atoms with Crippen molar-refractivity contribution in [3.8, 4) is 0 Å². The molecule has 0 radical (unpaired) electrons. The van der Waals surface area contributed by atoms with Crippen LogP contribution in [-0.2, 0) is 4.79 Å². The van der Waals surface area contributed by atoms with E-state index in [4.69, 9.17) is 0 Å². The standard InChI is InChI=1S/C19H19FN2O2/c1-12-6-7-17(8-13(12)2)22-11-16(10-18(22)23)21-19(24)14-4-3-5-15(20)9-14/h3-9,16H,10-11H2,1-2H3,(H,21,24)/t16-/m1/s1. The summed E-state index contributed by atoms with van der Waals surface area (Å²) in [6.45, 7) is 4.44. The fourth-order valence-electron chi connectivity index (χ4n) is 2.85. The number of carbonyl (C=O) groups is 2. The minimum Gasteiger partial charge on any atom is -0.347 e. The van der Waals surface area contributed by atoms with Crippen LogP contribution in [0.2, 0.25) is 0 Å². The van der Waals surface area contributed by atoms with E-state index in [0.29, 0.717) is 6.54 Å². The third-order valence-corrected chi connectivity index (χ3v) is 4.35. The zero-order valence-corrected chi connectivity index (χ0v) is 13.7. The van der Waals surface area contributed by atoms with E-state index in [1.807, 2.05) is 32.0 Å². The van der Waals surface area contributed by atoms with Gasteiger partial charge < -0.3 is 10.2 Å². The number of nitrogens with zero attached hydrogens (tertiary/aromatic N) is 1. The van der Waals surface area contributed by atoms with Crippen molar-refractivity contribution >= 4 is 17.5 Å². The fraction of sp³-hybridized carbons (Fsp3) is 0.263. The van der Waals surface area contributed by atoms with E-state index in [2.05, 4.69) is 5.32 Å². The van der Waals surface area contributed by atoms with Crippen molar-refractivity contribution in [1.29, 1.82) is 0 Å². The normalized spacial score (nSPS) is 17.2. The van der Waals surface area contributed by atoms with Gasteiger partial charge in [-0.3, -0.25) is 9.59 Å². The van der Waals surface area contributed by atoms with Gasteiger partial charge in [0.2, 0.25) is 5.91 Å². The van der Waals surface area contributed by atoms with Crippen LogP contribution in [0.4, 0.5) is 10.1 Å². The number of anilines is 1. The van der Waals surface area contributed by atoms with Gasteiger partial charge in [0.05, 0.1) is 6.04 Å². The van der Waals surface area contributed by atoms with Gasteiger partial charge in [0.1, 0.15) is 5.82 Å². The highest BCUT2D eigenvalue weighted by Crippen LogP contribution is 2.24. The van der Waals surface area contributed by atoms with Crippen molar-refractivity contribution in [1.82, 2.24) is 5.32 Å². The fourth-order valence-corrected chi connectivity index (χ4v) is 2.85. The molecule has 0 unspecified atom stereocenters. The lowest BCUT2D eigenvalue weighted by Gasteiger charge is -2.18. The number of hydrogen-bond donors (Lipinski definition) is 1. The molecule has 5 heteroatoms. The highest BCUT2D eigenvalue weighted by molar-refractivity contribution is 5.99. The Morgan fingerprint density at radius 1 is 1.17 bits per heavy atom. The molecule has 1 N–H and O–H groups in total. The maximum atomic E-state index is 13.2. The van der Waals surface area contributed by atoms with Crippen molar-refractivity contribution < 1.29 is 14.0 Å². The molecule has 0 saturated carbocycles. The second kappa shape index (κ2) is 6.43. The van der Waals surface area contributed by atoms with Crippen LogP contribution >= 0.6 is 0 Å². The van der Waals surface area contributed by atoms with Gasteiger partial charge in [-0.2, -0.15) is 0 Å². The molecule has 1 fully saturated rings. The van der Waals surface area contributed by atoms with Crippen LogP contribution in [0.1, 0.15) is 27.9 Å². The Morgan fingerprint density at radius 2 is 1.96 bits per heavy atom. The first kappa shape index (κ1) is 16.2. The first-order valence-electron chi connectivity index (χ1n) is 7.88. The second-order valence-electron chi connectivity index (χ2n) is 6.16. The zero-order chi connectivity index (χ0) is 17.3. The van der Waals surface area contributed by atoms with E-state index >= 15 is 0 Å². The van der Waals surface area contributed by atoms with E-state index < -0.39 is 5.82 Å². The Morgan fingerprint density at radius 3 is 2.67 bits per heavy atom. The van der Waals surface area contributed by atoms with Crippen LogP contribution < -0.4 is 10.2 Å². The van der Waals surface area contributed by atoms with Gasteiger partial charge in [-0.05, 0) is 55.3 Å². The van der Waals surface area contributed by atoms with Crippen molar-refractivity contribution in [2.24, 2.45) is 0 Å². The molecule has 1 aliphatic rings. The lowest BCUT2D eigenvalue weighted by molar-refractivity contribution is -0.117. The minimum atomic E-state index is -0.457. The van der Waals surface area contributed by atoms with Gasteiger partial charge in [0, 0.05) is 24.2 Å². The molecule has 2 amide bonds. The van der Waals surface area contributed by atoms with E-state index in [1.54, 1.807) is 11.0 Å². The molecule has 124 valence electrons. The average molecular weight is 326 g/mol. The lowest BCUT2D eigenvalue weighted by atomic mass is 10.1. The second-order valence-corrected chi connectivity index (χ2v) is 6.16. The van der Waals surface area contributed by atoms with Crippen LogP contribution in [0.5, 0.6) is 0 Å². The van der Waals surface area contributed by atoms with Gasteiger partial charge >= 0.3 is 0 Å². The predicted octanol–water partition coefficient (Wildman–Crippen LogP) is 2.98. The SMILES string of the molecule is Cc1ccc(N2C[C@H](NC(=O)c3cccc(F)c3)CC2=O)cc1C. The zero-order valence-electron chi connectivity index (χ0n) is 13.7. The smallest absolute Gasteiger partial charge is 0.251 e. The monoisotopic (exact) mass is 326 g/mol. The highest BCUT2D eigenvalue weighted by atomic mass is 19.1. The number of hydrogen-bond acceptors (Lipinski definition) is 2. The van der Waals surface area contributed by atoms with E-state index in [0.717, 1.165) is 11.3 Å². The molecular weight excluding hydrogens is 307 g/mol. The summed E-state index contributed by atoms with van der Waals surface area (Å²) in [6.07, 6.45) is 0.244. The maximum absolute atomic E-state index is 13.2. The van der Waals surface area contributed by atoms with Gasteiger partial charge in [-0.25, -0.2) is 4.39 Å². The van der Waals surface area contributed by atoms with E-state index in [1.165, 1.54) is 23.8 Å². The molecule has 0 bridgehead atoms. The van der Waals surface area contributed by atoms with Crippen molar-refractivity contribution in [3.63, 3.8) is 0 Å². The van der Waals surface area contributed by atoms with Crippen LogP contribution in [0.15, 0.2) is 42.5 Å². The average Bonchev–Trinajstić information content (AvgIpc) is 2.90. The van der Waals surface area contributed by atoms with Gasteiger partial charge in [-0.15, -0.1) is 0 Å². The van der Waals surface area contributed by atoms with Crippen LogP contribution in [0.25, 0.3) is 0 Å². The Labute approximate surface area is 140 Å². The number of halogens is 1. The predicted molar refractivity (Wildman–Crippen MR) is 90.5 cm³/mol. The largest absolute Gasteiger partial charge is 0.347 e.